The number of fused-ring (bicyclic) bond motifs is 1. The molecule has 1 aromatic heterocycles. The Balaban J connectivity index is 2.13. The quantitative estimate of drug-likeness (QED) is 0.615. The Bertz CT molecular complexity index is 557. The van der Waals surface area contributed by atoms with Crippen LogP contribution in [0.25, 0.3) is 10.9 Å². The molecule has 0 aliphatic carbocycles. The fourth-order valence-corrected chi connectivity index (χ4v) is 1.88. The Hall–Kier alpha value is -2.33. The van der Waals surface area contributed by atoms with Gasteiger partial charge in [-0.15, -0.1) is 13.2 Å². The number of carbonyl (C=O) groups excluding carboxylic acids is 1. The summed E-state index contributed by atoms with van der Waals surface area (Å²) in [5.41, 5.74) is 4.31. The second-order valence-electron chi connectivity index (χ2n) is 4.19. The molecule has 0 unspecified atom stereocenters. The Morgan fingerprint density at radius 1 is 1.26 bits per heavy atom. The van der Waals surface area contributed by atoms with E-state index in [1.54, 1.807) is 17.2 Å². The van der Waals surface area contributed by atoms with E-state index in [0.717, 1.165) is 10.9 Å². The number of nitrogens with zero attached hydrogens (tertiary/aromatic N) is 1. The summed E-state index contributed by atoms with van der Waals surface area (Å²) in [6, 6.07) is 9.62. The van der Waals surface area contributed by atoms with Gasteiger partial charge in [0.1, 0.15) is 5.69 Å². The van der Waals surface area contributed by atoms with Crippen LogP contribution in [0.2, 0.25) is 0 Å². The van der Waals surface area contributed by atoms with Gasteiger partial charge in [0.05, 0.1) is 0 Å². The maximum absolute atomic E-state index is 12.1. The average Bonchev–Trinajstić information content (AvgIpc) is 2.83. The van der Waals surface area contributed by atoms with Gasteiger partial charge in [0, 0.05) is 24.0 Å². The molecule has 19 heavy (non-hydrogen) atoms. The molecular formula is C15H17N3O. The van der Waals surface area contributed by atoms with Gasteiger partial charge in [-0.25, -0.2) is 5.01 Å². The van der Waals surface area contributed by atoms with Crippen LogP contribution in [0.4, 0.5) is 0 Å². The van der Waals surface area contributed by atoms with E-state index in [4.69, 9.17) is 0 Å². The number of H-pyrrole nitrogens is 1. The van der Waals surface area contributed by atoms with Gasteiger partial charge < -0.3 is 4.98 Å². The predicted molar refractivity (Wildman–Crippen MR) is 77.7 cm³/mol. The fraction of sp³-hybridized carbons (Fsp3) is 0.133. The van der Waals surface area contributed by atoms with Gasteiger partial charge in [-0.1, -0.05) is 30.4 Å². The number of hydrogen-bond acceptors (Lipinski definition) is 2. The first kappa shape index (κ1) is 13.1. The zero-order valence-corrected chi connectivity index (χ0v) is 10.7. The van der Waals surface area contributed by atoms with Gasteiger partial charge in [-0.2, -0.15) is 0 Å². The molecule has 4 heteroatoms. The summed E-state index contributed by atoms with van der Waals surface area (Å²) < 4.78 is 0. The molecule has 4 nitrogen and oxygen atoms in total. The number of para-hydroxylation sites is 1. The molecule has 0 saturated heterocycles. The van der Waals surface area contributed by atoms with Gasteiger partial charge >= 0.3 is 0 Å². The van der Waals surface area contributed by atoms with E-state index in [2.05, 4.69) is 23.6 Å². The molecule has 0 fully saturated rings. The Morgan fingerprint density at radius 2 is 1.95 bits per heavy atom. The van der Waals surface area contributed by atoms with E-state index in [0.29, 0.717) is 18.8 Å². The van der Waals surface area contributed by atoms with Crippen molar-refractivity contribution in [2.45, 2.75) is 0 Å². The third-order valence-corrected chi connectivity index (χ3v) is 2.73. The number of nitrogens with one attached hydrogen (secondary N) is 2. The zero-order valence-electron chi connectivity index (χ0n) is 10.7. The van der Waals surface area contributed by atoms with Crippen molar-refractivity contribution in [2.75, 3.05) is 13.1 Å². The van der Waals surface area contributed by atoms with Crippen molar-refractivity contribution >= 4 is 16.8 Å². The number of hydrazine groups is 1. The standard InChI is InChI=1S/C15H17N3O/c1-3-9-18(10-4-2)17-15(19)14-11-12-7-5-6-8-13(12)16-14/h3-8,11,16H,1-2,9-10H2,(H,17,19). The normalized spacial score (nSPS) is 10.6. The summed E-state index contributed by atoms with van der Waals surface area (Å²) >= 11 is 0. The molecule has 0 aliphatic rings. The van der Waals surface area contributed by atoms with Gasteiger partial charge in [0.2, 0.25) is 0 Å². The van der Waals surface area contributed by atoms with E-state index in [-0.39, 0.29) is 5.91 Å². The van der Waals surface area contributed by atoms with Crippen molar-refractivity contribution in [3.8, 4) is 0 Å². The molecule has 0 spiro atoms. The fourth-order valence-electron chi connectivity index (χ4n) is 1.88. The highest BCUT2D eigenvalue weighted by atomic mass is 16.2. The summed E-state index contributed by atoms with van der Waals surface area (Å²) in [6.07, 6.45) is 3.46. The molecule has 0 saturated carbocycles. The van der Waals surface area contributed by atoms with Crippen molar-refractivity contribution in [3.05, 3.63) is 61.3 Å². The van der Waals surface area contributed by atoms with Crippen LogP contribution in [0.15, 0.2) is 55.6 Å². The minimum absolute atomic E-state index is 0.167. The van der Waals surface area contributed by atoms with Crippen molar-refractivity contribution in [1.29, 1.82) is 0 Å². The predicted octanol–water partition coefficient (Wildman–Crippen LogP) is 2.49. The van der Waals surface area contributed by atoms with Crippen LogP contribution in [0.3, 0.4) is 0 Å². The van der Waals surface area contributed by atoms with E-state index in [9.17, 15) is 4.79 Å². The van der Waals surface area contributed by atoms with Crippen LogP contribution in [0.1, 0.15) is 10.5 Å². The van der Waals surface area contributed by atoms with Crippen molar-refractivity contribution in [3.63, 3.8) is 0 Å². The minimum atomic E-state index is -0.167. The van der Waals surface area contributed by atoms with Crippen LogP contribution < -0.4 is 5.43 Å². The number of benzene rings is 1. The number of hydrogen-bond donors (Lipinski definition) is 2. The Morgan fingerprint density at radius 3 is 2.58 bits per heavy atom. The monoisotopic (exact) mass is 255 g/mol. The van der Waals surface area contributed by atoms with Gasteiger partial charge in [-0.05, 0) is 12.1 Å². The Labute approximate surface area is 112 Å². The smallest absolute Gasteiger partial charge is 0.282 e. The minimum Gasteiger partial charge on any atom is -0.350 e. The summed E-state index contributed by atoms with van der Waals surface area (Å²) in [5.74, 6) is -0.167. The molecule has 1 aromatic carbocycles. The average molecular weight is 255 g/mol. The molecule has 0 radical (unpaired) electrons. The number of aromatic amines is 1. The van der Waals surface area contributed by atoms with Crippen LogP contribution >= 0.6 is 0 Å². The van der Waals surface area contributed by atoms with Crippen LogP contribution in [0.5, 0.6) is 0 Å². The van der Waals surface area contributed by atoms with Gasteiger partial charge in [-0.3, -0.25) is 10.2 Å². The number of rotatable bonds is 6. The lowest BCUT2D eigenvalue weighted by Crippen LogP contribution is -2.42. The maximum Gasteiger partial charge on any atom is 0.282 e. The molecule has 1 heterocycles. The second-order valence-corrected chi connectivity index (χ2v) is 4.19. The first-order valence-corrected chi connectivity index (χ1v) is 6.10. The lowest BCUT2D eigenvalue weighted by Gasteiger charge is -2.19. The van der Waals surface area contributed by atoms with E-state index >= 15 is 0 Å². The summed E-state index contributed by atoms with van der Waals surface area (Å²) in [5, 5.41) is 2.76. The first-order valence-electron chi connectivity index (χ1n) is 6.10. The maximum atomic E-state index is 12.1. The highest BCUT2D eigenvalue weighted by Crippen LogP contribution is 2.14. The highest BCUT2D eigenvalue weighted by molar-refractivity contribution is 5.97. The molecule has 2 aromatic rings. The van der Waals surface area contributed by atoms with E-state index < -0.39 is 0 Å². The third-order valence-electron chi connectivity index (χ3n) is 2.73. The number of amides is 1. The second kappa shape index (κ2) is 6.02. The molecule has 98 valence electrons. The summed E-state index contributed by atoms with van der Waals surface area (Å²) in [7, 11) is 0. The lowest BCUT2D eigenvalue weighted by atomic mass is 10.2. The number of carbonyl (C=O) groups is 1. The number of aromatic nitrogens is 1. The van der Waals surface area contributed by atoms with E-state index in [1.165, 1.54) is 0 Å². The van der Waals surface area contributed by atoms with Gasteiger partial charge in [0.15, 0.2) is 0 Å². The molecule has 0 atom stereocenters. The van der Waals surface area contributed by atoms with E-state index in [1.807, 2.05) is 30.3 Å². The molecule has 0 aliphatic heterocycles. The lowest BCUT2D eigenvalue weighted by molar-refractivity contribution is 0.0820. The molecule has 2 rings (SSSR count). The van der Waals surface area contributed by atoms with Crippen LogP contribution in [-0.4, -0.2) is 29.0 Å². The molecule has 1 amide bonds. The van der Waals surface area contributed by atoms with Crippen molar-refractivity contribution < 1.29 is 4.79 Å². The van der Waals surface area contributed by atoms with Crippen LogP contribution in [-0.2, 0) is 0 Å². The Kier molecular flexibility index (Phi) is 4.15. The van der Waals surface area contributed by atoms with Crippen molar-refractivity contribution in [2.24, 2.45) is 0 Å². The first-order chi connectivity index (χ1) is 9.24. The van der Waals surface area contributed by atoms with Crippen molar-refractivity contribution in [1.82, 2.24) is 15.4 Å². The topological polar surface area (TPSA) is 48.1 Å². The summed E-state index contributed by atoms with van der Waals surface area (Å²) in [4.78, 5) is 15.2. The highest BCUT2D eigenvalue weighted by Gasteiger charge is 2.11. The largest absolute Gasteiger partial charge is 0.350 e. The molecule has 0 bridgehead atoms. The SMILES string of the molecule is C=CCN(CC=C)NC(=O)c1cc2ccccc2[nH]1. The molecule has 2 N–H and O–H groups in total. The molecular weight excluding hydrogens is 238 g/mol. The van der Waals surface area contributed by atoms with Gasteiger partial charge in [0.25, 0.3) is 5.91 Å². The summed E-state index contributed by atoms with van der Waals surface area (Å²) in [6.45, 7) is 8.46. The zero-order chi connectivity index (χ0) is 13.7. The van der Waals surface area contributed by atoms with Crippen LogP contribution in [0, 0.1) is 0 Å². The third kappa shape index (κ3) is 3.11.